The molecule has 1 atom stereocenters. The van der Waals surface area contributed by atoms with Crippen molar-refractivity contribution in [3.63, 3.8) is 0 Å². The van der Waals surface area contributed by atoms with Gasteiger partial charge in [-0.15, -0.1) is 0 Å². The van der Waals surface area contributed by atoms with Crippen LogP contribution in [0.5, 0.6) is 0 Å². The second-order valence-electron chi connectivity index (χ2n) is 9.00. The third-order valence-corrected chi connectivity index (χ3v) is 9.12. The molecule has 0 aromatic heterocycles. The van der Waals surface area contributed by atoms with E-state index < -0.39 is 13.9 Å². The molecular weight excluding hydrogens is 266 g/mol. The van der Waals surface area contributed by atoms with E-state index in [1.54, 1.807) is 0 Å². The zero-order valence-corrected chi connectivity index (χ0v) is 16.0. The maximum atomic E-state index is 6.52. The van der Waals surface area contributed by atoms with Crippen molar-refractivity contribution < 1.29 is 9.16 Å². The summed E-state index contributed by atoms with van der Waals surface area (Å²) in [6.45, 7) is 22.7. The molecule has 0 unspecified atom stereocenters. The van der Waals surface area contributed by atoms with E-state index in [2.05, 4.69) is 68.5 Å². The molecule has 0 radical (unpaired) electrons. The van der Waals surface area contributed by atoms with E-state index in [0.29, 0.717) is 6.61 Å². The molecular formula is C16H33NO2Si. The highest BCUT2D eigenvalue weighted by molar-refractivity contribution is 6.74. The third kappa shape index (κ3) is 3.85. The van der Waals surface area contributed by atoms with E-state index >= 15 is 0 Å². The Labute approximate surface area is 126 Å². The van der Waals surface area contributed by atoms with Crippen LogP contribution in [0.4, 0.5) is 0 Å². The van der Waals surface area contributed by atoms with Gasteiger partial charge < -0.3 is 9.16 Å². The summed E-state index contributed by atoms with van der Waals surface area (Å²) in [4.78, 5) is 4.79. The van der Waals surface area contributed by atoms with Crippen molar-refractivity contribution in [1.29, 1.82) is 0 Å². The predicted molar refractivity (Wildman–Crippen MR) is 89.0 cm³/mol. The summed E-state index contributed by atoms with van der Waals surface area (Å²) in [5.41, 5.74) is -0.308. The molecule has 1 rings (SSSR count). The Morgan fingerprint density at radius 3 is 1.90 bits per heavy atom. The van der Waals surface area contributed by atoms with Gasteiger partial charge in [-0.3, -0.25) is 0 Å². The van der Waals surface area contributed by atoms with Gasteiger partial charge in [-0.25, -0.2) is 4.99 Å². The molecule has 0 spiro atoms. The molecule has 0 aromatic carbocycles. The molecule has 0 aliphatic carbocycles. The highest BCUT2D eigenvalue weighted by Crippen LogP contribution is 2.40. The van der Waals surface area contributed by atoms with Gasteiger partial charge in [0.1, 0.15) is 12.2 Å². The summed E-state index contributed by atoms with van der Waals surface area (Å²) in [5, 5.41) is 0.187. The lowest BCUT2D eigenvalue weighted by Crippen LogP contribution is -2.50. The maximum Gasteiger partial charge on any atom is 0.215 e. The number of rotatable bonds is 3. The summed E-state index contributed by atoms with van der Waals surface area (Å²) < 4.78 is 12.4. The van der Waals surface area contributed by atoms with Gasteiger partial charge in [0.25, 0.3) is 0 Å². The van der Waals surface area contributed by atoms with Crippen LogP contribution in [0.15, 0.2) is 4.99 Å². The molecule has 0 saturated heterocycles. The fourth-order valence-electron chi connectivity index (χ4n) is 1.98. The molecule has 20 heavy (non-hydrogen) atoms. The Morgan fingerprint density at radius 1 is 1.05 bits per heavy atom. The summed E-state index contributed by atoms with van der Waals surface area (Å²) in [5.74, 6) is 0.766. The minimum atomic E-state index is -1.84. The van der Waals surface area contributed by atoms with Crippen LogP contribution in [0.25, 0.3) is 0 Å². The number of aliphatic imine (C=N–C) groups is 1. The van der Waals surface area contributed by atoms with E-state index in [-0.39, 0.29) is 16.5 Å². The average Bonchev–Trinajstić information content (AvgIpc) is 2.61. The fraction of sp³-hybridized carbons (Fsp3) is 0.938. The molecule has 4 heteroatoms. The highest BCUT2D eigenvalue weighted by atomic mass is 28.4. The van der Waals surface area contributed by atoms with Crippen molar-refractivity contribution in [3.05, 3.63) is 0 Å². The molecule has 1 aliphatic rings. The SMILES string of the molecule is CC(C)(O[Si](C)(C)C(C)(C)C)C1=N[C@@H](C(C)(C)C)CO1. The third-order valence-electron chi connectivity index (χ3n) is 4.48. The fourth-order valence-corrected chi connectivity index (χ4v) is 3.65. The van der Waals surface area contributed by atoms with Crippen LogP contribution in [-0.4, -0.2) is 32.5 Å². The topological polar surface area (TPSA) is 30.8 Å². The lowest BCUT2D eigenvalue weighted by molar-refractivity contribution is 0.126. The quantitative estimate of drug-likeness (QED) is 0.711. The van der Waals surface area contributed by atoms with Crippen LogP contribution in [0.1, 0.15) is 55.4 Å². The van der Waals surface area contributed by atoms with Crippen LogP contribution in [-0.2, 0) is 9.16 Å². The van der Waals surface area contributed by atoms with Gasteiger partial charge in [0, 0.05) is 0 Å². The van der Waals surface area contributed by atoms with Crippen LogP contribution < -0.4 is 0 Å². The van der Waals surface area contributed by atoms with Crippen molar-refractivity contribution in [2.24, 2.45) is 10.4 Å². The van der Waals surface area contributed by atoms with Gasteiger partial charge in [0.15, 0.2) is 8.32 Å². The van der Waals surface area contributed by atoms with Crippen molar-refractivity contribution in [1.82, 2.24) is 0 Å². The molecule has 3 nitrogen and oxygen atoms in total. The largest absolute Gasteiger partial charge is 0.477 e. The van der Waals surface area contributed by atoms with E-state index in [0.717, 1.165) is 5.90 Å². The predicted octanol–water partition coefficient (Wildman–Crippen LogP) is 4.63. The van der Waals surface area contributed by atoms with Crippen molar-refractivity contribution >= 4 is 14.2 Å². The summed E-state index contributed by atoms with van der Waals surface area (Å²) in [6.07, 6.45) is 0. The van der Waals surface area contributed by atoms with Crippen molar-refractivity contribution in [2.45, 2.75) is 85.2 Å². The lowest BCUT2D eigenvalue weighted by atomic mass is 9.88. The van der Waals surface area contributed by atoms with Gasteiger partial charge in [-0.1, -0.05) is 41.5 Å². The Hall–Kier alpha value is -0.353. The van der Waals surface area contributed by atoms with E-state index in [1.165, 1.54) is 0 Å². The molecule has 1 aliphatic heterocycles. The Morgan fingerprint density at radius 2 is 1.55 bits per heavy atom. The first-order chi connectivity index (χ1) is 8.67. The molecule has 0 amide bonds. The number of nitrogens with zero attached hydrogens (tertiary/aromatic N) is 1. The second-order valence-corrected chi connectivity index (χ2v) is 13.7. The number of hydrogen-bond acceptors (Lipinski definition) is 3. The van der Waals surface area contributed by atoms with Crippen LogP contribution in [0.3, 0.4) is 0 Å². The minimum absolute atomic E-state index is 0.134. The van der Waals surface area contributed by atoms with Crippen molar-refractivity contribution in [2.75, 3.05) is 6.61 Å². The zero-order valence-electron chi connectivity index (χ0n) is 15.0. The van der Waals surface area contributed by atoms with Crippen LogP contribution in [0.2, 0.25) is 18.1 Å². The van der Waals surface area contributed by atoms with E-state index in [4.69, 9.17) is 14.2 Å². The minimum Gasteiger partial charge on any atom is -0.477 e. The van der Waals surface area contributed by atoms with Gasteiger partial charge in [-0.2, -0.15) is 0 Å². The lowest BCUT2D eigenvalue weighted by Gasteiger charge is -2.42. The van der Waals surface area contributed by atoms with Gasteiger partial charge in [-0.05, 0) is 37.4 Å². The normalized spacial score (nSPS) is 21.7. The number of ether oxygens (including phenoxy) is 1. The second kappa shape index (κ2) is 5.13. The zero-order chi connectivity index (χ0) is 16.0. The summed E-state index contributed by atoms with van der Waals surface area (Å²) >= 11 is 0. The maximum absolute atomic E-state index is 6.52. The molecule has 0 N–H and O–H groups in total. The average molecular weight is 300 g/mol. The number of hydrogen-bond donors (Lipinski definition) is 0. The Bertz CT molecular complexity index is 386. The van der Waals surface area contributed by atoms with Gasteiger partial charge in [0.05, 0.1) is 6.04 Å². The molecule has 1 heterocycles. The first-order valence-electron chi connectivity index (χ1n) is 7.58. The smallest absolute Gasteiger partial charge is 0.215 e. The molecule has 118 valence electrons. The standard InChI is InChI=1S/C16H33NO2Si/c1-14(2,3)12-11-18-13(17-12)16(7,8)19-20(9,10)15(4,5)6/h12H,11H2,1-10H3/t12-/m1/s1. The molecule has 0 saturated carbocycles. The summed E-state index contributed by atoms with van der Waals surface area (Å²) in [6, 6.07) is 0.222. The van der Waals surface area contributed by atoms with E-state index in [1.807, 2.05) is 0 Å². The first kappa shape index (κ1) is 17.7. The molecule has 0 fully saturated rings. The Kier molecular flexibility index (Phi) is 4.54. The highest BCUT2D eigenvalue weighted by Gasteiger charge is 2.45. The van der Waals surface area contributed by atoms with Gasteiger partial charge in [0.2, 0.25) is 5.90 Å². The monoisotopic (exact) mass is 299 g/mol. The van der Waals surface area contributed by atoms with Crippen LogP contribution in [0, 0.1) is 5.41 Å². The Balaban J connectivity index is 2.91. The summed E-state index contributed by atoms with van der Waals surface area (Å²) in [7, 11) is -1.84. The molecule has 0 bridgehead atoms. The van der Waals surface area contributed by atoms with E-state index in [9.17, 15) is 0 Å². The van der Waals surface area contributed by atoms with Crippen molar-refractivity contribution in [3.8, 4) is 0 Å². The first-order valence-corrected chi connectivity index (χ1v) is 10.5. The van der Waals surface area contributed by atoms with Gasteiger partial charge >= 0.3 is 0 Å². The van der Waals surface area contributed by atoms with Crippen LogP contribution >= 0.6 is 0 Å². The molecule has 0 aromatic rings.